The Morgan fingerprint density at radius 3 is 2.72 bits per heavy atom. The van der Waals surface area contributed by atoms with Crippen LogP contribution < -0.4 is 16.2 Å². The molecular formula is C17H21ClN4O3. The molecule has 7 nitrogen and oxygen atoms in total. The molecule has 1 aromatic carbocycles. The summed E-state index contributed by atoms with van der Waals surface area (Å²) in [5, 5.41) is 4.80. The highest BCUT2D eigenvalue weighted by Crippen LogP contribution is 2.23. The van der Waals surface area contributed by atoms with Crippen LogP contribution in [-0.4, -0.2) is 35.0 Å². The van der Waals surface area contributed by atoms with Gasteiger partial charge in [0.15, 0.2) is 5.82 Å². The molecule has 1 aromatic heterocycles. The highest BCUT2D eigenvalue weighted by Gasteiger charge is 2.23. The number of rotatable bonds is 6. The summed E-state index contributed by atoms with van der Waals surface area (Å²) in [5.41, 5.74) is 11.2. The van der Waals surface area contributed by atoms with Crippen LogP contribution in [0.5, 0.6) is 5.75 Å². The van der Waals surface area contributed by atoms with Crippen LogP contribution in [0.4, 0.5) is 5.82 Å². The second-order valence-corrected chi connectivity index (χ2v) is 6.61. The number of aromatic nitrogens is 2. The zero-order chi connectivity index (χ0) is 17.8. The van der Waals surface area contributed by atoms with Gasteiger partial charge in [0.1, 0.15) is 11.3 Å². The Labute approximate surface area is 150 Å². The zero-order valence-corrected chi connectivity index (χ0v) is 14.5. The Hall–Kier alpha value is -2.25. The molecular weight excluding hydrogens is 344 g/mol. The van der Waals surface area contributed by atoms with Gasteiger partial charge in [-0.05, 0) is 37.1 Å². The summed E-state index contributed by atoms with van der Waals surface area (Å²) < 4.78 is 13.3. The van der Waals surface area contributed by atoms with E-state index in [9.17, 15) is 4.79 Å². The second kappa shape index (κ2) is 7.76. The molecule has 0 spiro atoms. The molecule has 0 radical (unpaired) electrons. The van der Waals surface area contributed by atoms with Gasteiger partial charge < -0.3 is 20.9 Å². The van der Waals surface area contributed by atoms with Gasteiger partial charge in [0, 0.05) is 17.1 Å². The Morgan fingerprint density at radius 1 is 1.36 bits per heavy atom. The first kappa shape index (κ1) is 17.6. The smallest absolute Gasteiger partial charge is 0.254 e. The highest BCUT2D eigenvalue weighted by atomic mass is 35.5. The fraction of sp³-hybridized carbons (Fsp3) is 0.412. The van der Waals surface area contributed by atoms with Crippen LogP contribution in [0.3, 0.4) is 0 Å². The van der Waals surface area contributed by atoms with Gasteiger partial charge in [0.25, 0.3) is 5.91 Å². The first-order valence-corrected chi connectivity index (χ1v) is 8.51. The summed E-state index contributed by atoms with van der Waals surface area (Å²) in [6, 6.07) is 7.32. The summed E-state index contributed by atoms with van der Waals surface area (Å²) in [4.78, 5) is 11.2. The normalized spacial score (nSPS) is 20.4. The lowest BCUT2D eigenvalue weighted by molar-refractivity contribution is -0.0358. The maximum atomic E-state index is 11.2. The molecule has 1 aliphatic heterocycles. The van der Waals surface area contributed by atoms with E-state index in [0.29, 0.717) is 30.7 Å². The number of hydrogen-bond acceptors (Lipinski definition) is 5. The van der Waals surface area contributed by atoms with E-state index < -0.39 is 5.91 Å². The first-order chi connectivity index (χ1) is 12.0. The van der Waals surface area contributed by atoms with Crippen molar-refractivity contribution in [1.29, 1.82) is 0 Å². The van der Waals surface area contributed by atoms with E-state index in [4.69, 9.17) is 32.5 Å². The molecule has 2 unspecified atom stereocenters. The molecule has 2 aromatic rings. The van der Waals surface area contributed by atoms with E-state index >= 15 is 0 Å². The van der Waals surface area contributed by atoms with Crippen molar-refractivity contribution >= 4 is 23.3 Å². The number of amides is 1. The second-order valence-electron chi connectivity index (χ2n) is 6.18. The highest BCUT2D eigenvalue weighted by molar-refractivity contribution is 6.30. The Morgan fingerprint density at radius 2 is 2.12 bits per heavy atom. The lowest BCUT2D eigenvalue weighted by atomic mass is 9.99. The Kier molecular flexibility index (Phi) is 5.45. The molecule has 1 fully saturated rings. The maximum absolute atomic E-state index is 11.2. The van der Waals surface area contributed by atoms with Gasteiger partial charge >= 0.3 is 0 Å². The molecule has 8 heteroatoms. The van der Waals surface area contributed by atoms with Crippen molar-refractivity contribution in [2.45, 2.75) is 25.5 Å². The summed E-state index contributed by atoms with van der Waals surface area (Å²) in [5.74, 6) is 0.721. The quantitative estimate of drug-likeness (QED) is 0.816. The Balaban J connectivity index is 1.44. The number of nitrogen functional groups attached to an aromatic ring is 1. The van der Waals surface area contributed by atoms with Gasteiger partial charge in [0.2, 0.25) is 0 Å². The molecule has 1 amide bonds. The fourth-order valence-electron chi connectivity index (χ4n) is 2.81. The molecule has 1 saturated heterocycles. The lowest BCUT2D eigenvalue weighted by Gasteiger charge is -2.29. The average Bonchev–Trinajstić information content (AvgIpc) is 2.96. The molecule has 1 aliphatic rings. The molecule has 134 valence electrons. The molecule has 2 heterocycles. The van der Waals surface area contributed by atoms with E-state index in [1.54, 1.807) is 23.0 Å². The van der Waals surface area contributed by atoms with E-state index in [2.05, 4.69) is 5.10 Å². The topological polar surface area (TPSA) is 105 Å². The predicted octanol–water partition coefficient (Wildman–Crippen LogP) is 2.09. The Bertz CT molecular complexity index is 724. The van der Waals surface area contributed by atoms with Crippen molar-refractivity contribution in [3.63, 3.8) is 0 Å². The van der Waals surface area contributed by atoms with Crippen LogP contribution in [0.15, 0.2) is 30.5 Å². The summed E-state index contributed by atoms with van der Waals surface area (Å²) >= 11 is 5.86. The standard InChI is InChI=1S/C17H21ClN4O3/c18-12-2-5-13(6-3-12)24-9-11-1-4-14(25-10-11)7-22-8-15(17(20)23)16(19)21-22/h2-3,5-6,8,11,14H,1,4,7,9-10H2,(H2,19,21)(H2,20,23). The van der Waals surface area contributed by atoms with Crippen LogP contribution in [0.1, 0.15) is 23.2 Å². The predicted molar refractivity (Wildman–Crippen MR) is 94.6 cm³/mol. The van der Waals surface area contributed by atoms with Crippen molar-refractivity contribution in [2.75, 3.05) is 18.9 Å². The SMILES string of the molecule is NC(=O)c1cn(CC2CCC(COc3ccc(Cl)cc3)CO2)nc1N. The first-order valence-electron chi connectivity index (χ1n) is 8.14. The van der Waals surface area contributed by atoms with Crippen molar-refractivity contribution in [1.82, 2.24) is 9.78 Å². The van der Waals surface area contributed by atoms with E-state index in [1.807, 2.05) is 12.1 Å². The van der Waals surface area contributed by atoms with Crippen molar-refractivity contribution in [3.05, 3.63) is 41.0 Å². The van der Waals surface area contributed by atoms with Crippen molar-refractivity contribution < 1.29 is 14.3 Å². The number of nitrogens with zero attached hydrogens (tertiary/aromatic N) is 2. The summed E-state index contributed by atoms with van der Waals surface area (Å²) in [6.07, 6.45) is 3.49. The molecule has 4 N–H and O–H groups in total. The number of primary amides is 1. The zero-order valence-electron chi connectivity index (χ0n) is 13.7. The van der Waals surface area contributed by atoms with Gasteiger partial charge in [-0.1, -0.05) is 11.6 Å². The molecule has 0 bridgehead atoms. The van der Waals surface area contributed by atoms with Crippen LogP contribution >= 0.6 is 11.6 Å². The molecule has 0 aliphatic carbocycles. The van der Waals surface area contributed by atoms with E-state index in [0.717, 1.165) is 18.6 Å². The number of halogens is 1. The largest absolute Gasteiger partial charge is 0.493 e. The van der Waals surface area contributed by atoms with Crippen LogP contribution in [0.25, 0.3) is 0 Å². The number of anilines is 1. The monoisotopic (exact) mass is 364 g/mol. The number of nitrogens with two attached hydrogens (primary N) is 2. The third-order valence-corrected chi connectivity index (χ3v) is 4.46. The minimum atomic E-state index is -0.576. The molecule has 3 rings (SSSR count). The average molecular weight is 365 g/mol. The van der Waals surface area contributed by atoms with Gasteiger partial charge in [0.05, 0.1) is 25.9 Å². The van der Waals surface area contributed by atoms with Crippen LogP contribution in [0.2, 0.25) is 5.02 Å². The number of hydrogen-bond donors (Lipinski definition) is 2. The number of ether oxygens (including phenoxy) is 2. The van der Waals surface area contributed by atoms with Gasteiger partial charge in [-0.2, -0.15) is 5.10 Å². The maximum Gasteiger partial charge on any atom is 0.254 e. The van der Waals surface area contributed by atoms with Crippen molar-refractivity contribution in [3.8, 4) is 5.75 Å². The third kappa shape index (κ3) is 4.64. The number of benzene rings is 1. The summed E-state index contributed by atoms with van der Waals surface area (Å²) in [7, 11) is 0. The molecule has 25 heavy (non-hydrogen) atoms. The summed E-state index contributed by atoms with van der Waals surface area (Å²) in [6.45, 7) is 1.77. The minimum absolute atomic E-state index is 0.0341. The lowest BCUT2D eigenvalue weighted by Crippen LogP contribution is -2.32. The van der Waals surface area contributed by atoms with Crippen molar-refractivity contribution in [2.24, 2.45) is 11.7 Å². The van der Waals surface area contributed by atoms with Crippen LogP contribution in [0, 0.1) is 5.92 Å². The minimum Gasteiger partial charge on any atom is -0.493 e. The third-order valence-electron chi connectivity index (χ3n) is 4.21. The van der Waals surface area contributed by atoms with Gasteiger partial charge in [-0.3, -0.25) is 9.48 Å². The molecule has 0 saturated carbocycles. The van der Waals surface area contributed by atoms with Gasteiger partial charge in [-0.25, -0.2) is 0 Å². The number of carbonyl (C=O) groups excluding carboxylic acids is 1. The van der Waals surface area contributed by atoms with E-state index in [1.165, 1.54) is 0 Å². The van der Waals surface area contributed by atoms with Gasteiger partial charge in [-0.15, -0.1) is 0 Å². The number of carbonyl (C=O) groups is 1. The molecule has 2 atom stereocenters. The van der Waals surface area contributed by atoms with E-state index in [-0.39, 0.29) is 17.5 Å². The fourth-order valence-corrected chi connectivity index (χ4v) is 2.94. The van der Waals surface area contributed by atoms with Crippen LogP contribution in [-0.2, 0) is 11.3 Å².